The number of carbonyl (C=O) groups excluding carboxylic acids is 1. The van der Waals surface area contributed by atoms with Crippen LogP contribution in [0.5, 0.6) is 0 Å². The fraction of sp³-hybridized carbons (Fsp3) is 0.0741. The first-order valence-electron chi connectivity index (χ1n) is 10.4. The van der Waals surface area contributed by atoms with Crippen LogP contribution in [0.15, 0.2) is 95.9 Å². The fourth-order valence-corrected chi connectivity index (χ4v) is 4.83. The number of hydrogen-bond donors (Lipinski definition) is 0. The Labute approximate surface area is 207 Å². The maximum atomic E-state index is 12.7. The summed E-state index contributed by atoms with van der Waals surface area (Å²) in [6.07, 6.45) is 0. The minimum Gasteiger partial charge on any atom is -0.462 e. The van der Waals surface area contributed by atoms with E-state index in [1.807, 2.05) is 84.9 Å². The smallest absolute Gasteiger partial charge is 0.338 e. The topological polar surface area (TPSA) is 40.4 Å². The molecule has 0 aliphatic heterocycles. The standard InChI is InChI=1S/C27H20Cl2NO2S/c1-2-32-27(31)20-13-24(18-9-5-3-6-10-18)26(25(14-20)19-11-7-4-8-12-19)30-33-23-16-21(28)15-22(29)17-23/h3-17H,2H2,1H3. The average molecular weight is 493 g/mol. The molecule has 0 N–H and O–H groups in total. The van der Waals surface area contributed by atoms with Crippen molar-refractivity contribution in [3.05, 3.63) is 107 Å². The molecule has 1 radical (unpaired) electrons. The Morgan fingerprint density at radius 2 is 1.33 bits per heavy atom. The summed E-state index contributed by atoms with van der Waals surface area (Å²) in [5.41, 5.74) is 4.79. The molecule has 0 heterocycles. The predicted octanol–water partition coefficient (Wildman–Crippen LogP) is 8.45. The van der Waals surface area contributed by atoms with Crippen LogP contribution in [0.1, 0.15) is 17.3 Å². The van der Waals surface area contributed by atoms with E-state index in [4.69, 9.17) is 32.7 Å². The van der Waals surface area contributed by atoms with Gasteiger partial charge in [-0.2, -0.15) is 0 Å². The predicted molar refractivity (Wildman–Crippen MR) is 137 cm³/mol. The molecule has 0 atom stereocenters. The second-order valence-electron chi connectivity index (χ2n) is 7.16. The monoisotopic (exact) mass is 492 g/mol. The SMILES string of the molecule is CCOC(=O)c1cc(-c2ccccc2)c([N]Sc2cc(Cl)cc(Cl)c2)c(-c2ccccc2)c1. The van der Waals surface area contributed by atoms with Crippen molar-refractivity contribution >= 4 is 46.8 Å². The van der Waals surface area contributed by atoms with Gasteiger partial charge in [0.25, 0.3) is 0 Å². The van der Waals surface area contributed by atoms with Crippen LogP contribution in [0.3, 0.4) is 0 Å². The first kappa shape index (κ1) is 23.2. The van der Waals surface area contributed by atoms with Crippen molar-refractivity contribution in [1.29, 1.82) is 0 Å². The van der Waals surface area contributed by atoms with Gasteiger partial charge in [-0.15, -0.1) is 0 Å². The van der Waals surface area contributed by atoms with Crippen LogP contribution < -0.4 is 4.72 Å². The molecule has 6 heteroatoms. The highest BCUT2D eigenvalue weighted by atomic mass is 35.5. The second kappa shape index (κ2) is 10.8. The third-order valence-corrected chi connectivity index (χ3v) is 6.03. The Morgan fingerprint density at radius 1 is 0.818 bits per heavy atom. The fourth-order valence-electron chi connectivity index (χ4n) is 3.42. The van der Waals surface area contributed by atoms with Crippen molar-refractivity contribution in [2.75, 3.05) is 6.61 Å². The highest BCUT2D eigenvalue weighted by Gasteiger charge is 2.19. The summed E-state index contributed by atoms with van der Waals surface area (Å²) < 4.78 is 10.2. The molecule has 0 aliphatic carbocycles. The molecule has 0 fully saturated rings. The first-order chi connectivity index (χ1) is 16.0. The van der Waals surface area contributed by atoms with Crippen LogP contribution >= 0.6 is 35.1 Å². The summed E-state index contributed by atoms with van der Waals surface area (Å²) in [7, 11) is 0. The number of esters is 1. The van der Waals surface area contributed by atoms with Gasteiger partial charge >= 0.3 is 5.97 Å². The van der Waals surface area contributed by atoms with Crippen LogP contribution in [0.2, 0.25) is 10.0 Å². The van der Waals surface area contributed by atoms with Gasteiger partial charge in [-0.25, -0.2) is 9.52 Å². The van der Waals surface area contributed by atoms with Gasteiger partial charge in [-0.3, -0.25) is 0 Å². The number of carbonyl (C=O) groups is 1. The Bertz CT molecular complexity index is 1180. The van der Waals surface area contributed by atoms with Crippen LogP contribution in [0.4, 0.5) is 5.69 Å². The Hall–Kier alpha value is -2.92. The summed E-state index contributed by atoms with van der Waals surface area (Å²) in [6.45, 7) is 2.10. The van der Waals surface area contributed by atoms with Gasteiger partial charge in [0.2, 0.25) is 0 Å². The van der Waals surface area contributed by atoms with Crippen LogP contribution in [0, 0.1) is 0 Å². The molecule has 0 aromatic heterocycles. The zero-order valence-electron chi connectivity index (χ0n) is 17.8. The van der Waals surface area contributed by atoms with Crippen LogP contribution in [-0.2, 0) is 4.74 Å². The molecule has 0 saturated carbocycles. The normalized spacial score (nSPS) is 10.6. The molecule has 0 unspecified atom stereocenters. The zero-order chi connectivity index (χ0) is 23.2. The Kier molecular flexibility index (Phi) is 7.61. The third kappa shape index (κ3) is 5.72. The number of rotatable bonds is 7. The minimum absolute atomic E-state index is 0.303. The van der Waals surface area contributed by atoms with E-state index in [2.05, 4.69) is 0 Å². The first-order valence-corrected chi connectivity index (χ1v) is 11.9. The van der Waals surface area contributed by atoms with Crippen molar-refractivity contribution in [3.8, 4) is 22.3 Å². The summed E-state index contributed by atoms with van der Waals surface area (Å²) >= 11 is 13.6. The van der Waals surface area contributed by atoms with Gasteiger partial charge in [-0.1, -0.05) is 83.9 Å². The van der Waals surface area contributed by atoms with Crippen LogP contribution in [0.25, 0.3) is 22.3 Å². The minimum atomic E-state index is -0.368. The lowest BCUT2D eigenvalue weighted by Crippen LogP contribution is -2.06. The third-order valence-electron chi connectivity index (χ3n) is 4.87. The average Bonchev–Trinajstić information content (AvgIpc) is 2.83. The molecule has 0 bridgehead atoms. The van der Waals surface area contributed by atoms with Gasteiger partial charge in [0.15, 0.2) is 0 Å². The van der Waals surface area contributed by atoms with E-state index in [0.29, 0.717) is 22.2 Å². The van der Waals surface area contributed by atoms with E-state index in [1.54, 1.807) is 13.0 Å². The number of nitrogens with zero attached hydrogens (tertiary/aromatic N) is 1. The van der Waals surface area contributed by atoms with E-state index in [1.165, 1.54) is 11.9 Å². The van der Waals surface area contributed by atoms with Crippen molar-refractivity contribution in [3.63, 3.8) is 0 Å². The summed E-state index contributed by atoms with van der Waals surface area (Å²) in [6, 6.07) is 28.7. The Morgan fingerprint density at radius 3 is 1.82 bits per heavy atom. The zero-order valence-corrected chi connectivity index (χ0v) is 20.1. The van der Waals surface area contributed by atoms with E-state index >= 15 is 0 Å². The molecule has 0 spiro atoms. The van der Waals surface area contributed by atoms with Gasteiger partial charge in [0, 0.05) is 38.0 Å². The number of ether oxygens (including phenoxy) is 1. The molecule has 0 saturated heterocycles. The number of halogens is 2. The number of benzene rings is 4. The van der Waals surface area contributed by atoms with E-state index in [0.717, 1.165) is 32.8 Å². The van der Waals surface area contributed by atoms with Gasteiger partial charge in [0.05, 0.1) is 17.9 Å². The lowest BCUT2D eigenvalue weighted by atomic mass is 9.93. The van der Waals surface area contributed by atoms with Crippen molar-refractivity contribution in [1.82, 2.24) is 4.72 Å². The molecule has 0 aliphatic rings. The number of hydrogen-bond acceptors (Lipinski definition) is 3. The van der Waals surface area contributed by atoms with Crippen molar-refractivity contribution in [2.24, 2.45) is 0 Å². The molecular weight excluding hydrogens is 473 g/mol. The van der Waals surface area contributed by atoms with Gasteiger partial charge in [0.1, 0.15) is 0 Å². The molecular formula is C27H20Cl2NO2S. The largest absolute Gasteiger partial charge is 0.462 e. The molecule has 0 amide bonds. The quantitative estimate of drug-likeness (QED) is 0.192. The molecule has 165 valence electrons. The molecule has 33 heavy (non-hydrogen) atoms. The van der Waals surface area contributed by atoms with Gasteiger partial charge in [-0.05, 0) is 48.4 Å². The molecule has 4 rings (SSSR count). The molecule has 4 aromatic carbocycles. The molecule has 3 nitrogen and oxygen atoms in total. The van der Waals surface area contributed by atoms with Crippen molar-refractivity contribution < 1.29 is 9.53 Å². The summed E-state index contributed by atoms with van der Waals surface area (Å²) in [5, 5.41) is 1.09. The Balaban J connectivity index is 1.88. The van der Waals surface area contributed by atoms with E-state index < -0.39 is 0 Å². The van der Waals surface area contributed by atoms with E-state index in [9.17, 15) is 4.79 Å². The summed E-state index contributed by atoms with van der Waals surface area (Å²) in [4.78, 5) is 13.5. The lowest BCUT2D eigenvalue weighted by molar-refractivity contribution is 0.0526. The molecule has 4 aromatic rings. The highest BCUT2D eigenvalue weighted by molar-refractivity contribution is 7.97. The van der Waals surface area contributed by atoms with Gasteiger partial charge < -0.3 is 4.74 Å². The second-order valence-corrected chi connectivity index (χ2v) is 8.87. The maximum absolute atomic E-state index is 12.7. The van der Waals surface area contributed by atoms with Crippen LogP contribution in [-0.4, -0.2) is 12.6 Å². The van der Waals surface area contributed by atoms with Crippen molar-refractivity contribution in [2.45, 2.75) is 11.8 Å². The lowest BCUT2D eigenvalue weighted by Gasteiger charge is -2.17. The highest BCUT2D eigenvalue weighted by Crippen LogP contribution is 2.41. The maximum Gasteiger partial charge on any atom is 0.338 e. The van der Waals surface area contributed by atoms with E-state index in [-0.39, 0.29) is 5.97 Å². The summed E-state index contributed by atoms with van der Waals surface area (Å²) in [5.74, 6) is -0.368.